The Kier molecular flexibility index (Phi) is 4.57. The van der Waals surface area contributed by atoms with Crippen molar-refractivity contribution in [1.29, 1.82) is 0 Å². The van der Waals surface area contributed by atoms with Crippen molar-refractivity contribution in [2.24, 2.45) is 0 Å². The summed E-state index contributed by atoms with van der Waals surface area (Å²) in [7, 11) is 0. The van der Waals surface area contributed by atoms with Crippen molar-refractivity contribution in [1.82, 2.24) is 30.1 Å². The topological polar surface area (TPSA) is 97.5 Å². The molecule has 0 atom stereocenters. The first kappa shape index (κ1) is 16.0. The maximum atomic E-state index is 5.35. The van der Waals surface area contributed by atoms with Crippen LogP contribution in [0.5, 0.6) is 0 Å². The molecule has 4 rings (SSSR count). The van der Waals surface area contributed by atoms with E-state index in [9.17, 15) is 0 Å². The van der Waals surface area contributed by atoms with Crippen molar-refractivity contribution in [3.8, 4) is 11.6 Å². The summed E-state index contributed by atoms with van der Waals surface area (Å²) >= 11 is 0. The summed E-state index contributed by atoms with van der Waals surface area (Å²) < 4.78 is 15.7. The standard InChI is InChI=1S/C16H20N6O3/c1-12-17-14(19-24-12)10-21-5-3-6-22(8-7-21)11-15-18-16(20-25-15)13-4-2-9-23-13/h2,4,9H,3,5-8,10-11H2,1H3. The third-order valence-corrected chi connectivity index (χ3v) is 4.18. The van der Waals surface area contributed by atoms with Crippen molar-refractivity contribution in [2.75, 3.05) is 26.2 Å². The van der Waals surface area contributed by atoms with Crippen LogP contribution in [0.4, 0.5) is 0 Å². The number of furan rings is 1. The van der Waals surface area contributed by atoms with Crippen molar-refractivity contribution in [3.05, 3.63) is 36.0 Å². The fourth-order valence-corrected chi connectivity index (χ4v) is 2.96. The number of hydrogen-bond donors (Lipinski definition) is 0. The van der Waals surface area contributed by atoms with Crippen molar-refractivity contribution < 1.29 is 13.5 Å². The molecule has 1 aliphatic rings. The second kappa shape index (κ2) is 7.16. The minimum absolute atomic E-state index is 0.490. The molecule has 1 fully saturated rings. The lowest BCUT2D eigenvalue weighted by molar-refractivity contribution is 0.219. The van der Waals surface area contributed by atoms with Gasteiger partial charge in [-0.1, -0.05) is 10.3 Å². The van der Waals surface area contributed by atoms with E-state index < -0.39 is 0 Å². The first-order valence-corrected chi connectivity index (χ1v) is 8.36. The minimum Gasteiger partial charge on any atom is -0.461 e. The SMILES string of the molecule is Cc1nc(CN2CCCN(Cc3nc(-c4ccco4)no3)CC2)no1. The molecule has 1 saturated heterocycles. The van der Waals surface area contributed by atoms with Crippen LogP contribution in [0.1, 0.15) is 24.0 Å². The largest absolute Gasteiger partial charge is 0.461 e. The lowest BCUT2D eigenvalue weighted by atomic mass is 10.3. The molecule has 25 heavy (non-hydrogen) atoms. The van der Waals surface area contributed by atoms with Crippen molar-refractivity contribution in [2.45, 2.75) is 26.4 Å². The van der Waals surface area contributed by atoms with Crippen LogP contribution < -0.4 is 0 Å². The molecule has 3 aromatic rings. The summed E-state index contributed by atoms with van der Waals surface area (Å²) in [6, 6.07) is 3.62. The van der Waals surface area contributed by atoms with Crippen LogP contribution in [0.2, 0.25) is 0 Å². The highest BCUT2D eigenvalue weighted by atomic mass is 16.5. The molecule has 0 aliphatic carbocycles. The summed E-state index contributed by atoms with van der Waals surface area (Å²) in [5, 5.41) is 7.95. The highest BCUT2D eigenvalue weighted by Crippen LogP contribution is 2.17. The molecule has 0 radical (unpaired) electrons. The second-order valence-corrected chi connectivity index (χ2v) is 6.12. The van der Waals surface area contributed by atoms with Gasteiger partial charge < -0.3 is 13.5 Å². The lowest BCUT2D eigenvalue weighted by Gasteiger charge is -2.19. The van der Waals surface area contributed by atoms with Gasteiger partial charge in [0.25, 0.3) is 0 Å². The van der Waals surface area contributed by atoms with Crippen molar-refractivity contribution in [3.63, 3.8) is 0 Å². The molecule has 9 heteroatoms. The molecular formula is C16H20N6O3. The highest BCUT2D eigenvalue weighted by Gasteiger charge is 2.19. The van der Waals surface area contributed by atoms with Crippen LogP contribution in [-0.2, 0) is 13.1 Å². The Hall–Kier alpha value is -2.52. The van der Waals surface area contributed by atoms with Crippen LogP contribution in [-0.4, -0.2) is 56.3 Å². The van der Waals surface area contributed by atoms with E-state index in [-0.39, 0.29) is 0 Å². The molecule has 3 aromatic heterocycles. The molecule has 0 saturated carbocycles. The highest BCUT2D eigenvalue weighted by molar-refractivity contribution is 5.44. The fourth-order valence-electron chi connectivity index (χ4n) is 2.96. The van der Waals surface area contributed by atoms with Crippen LogP contribution in [0.25, 0.3) is 11.6 Å². The van der Waals surface area contributed by atoms with Gasteiger partial charge in [0.15, 0.2) is 11.6 Å². The molecule has 9 nitrogen and oxygen atoms in total. The van der Waals surface area contributed by atoms with E-state index in [1.54, 1.807) is 12.3 Å². The number of nitrogens with zero attached hydrogens (tertiary/aromatic N) is 6. The zero-order valence-electron chi connectivity index (χ0n) is 14.1. The summed E-state index contributed by atoms with van der Waals surface area (Å²) in [4.78, 5) is 13.3. The molecule has 0 unspecified atom stereocenters. The van der Waals surface area contributed by atoms with E-state index in [1.165, 1.54) is 0 Å². The van der Waals surface area contributed by atoms with E-state index in [2.05, 4.69) is 30.1 Å². The van der Waals surface area contributed by atoms with Gasteiger partial charge in [0.1, 0.15) is 0 Å². The Morgan fingerprint density at radius 3 is 2.56 bits per heavy atom. The Labute approximate surface area is 144 Å². The van der Waals surface area contributed by atoms with Crippen LogP contribution in [0, 0.1) is 6.92 Å². The van der Waals surface area contributed by atoms with E-state index in [1.807, 2.05) is 13.0 Å². The molecule has 0 N–H and O–H groups in total. The second-order valence-electron chi connectivity index (χ2n) is 6.12. The molecule has 0 spiro atoms. The molecule has 0 aromatic carbocycles. The molecule has 0 bridgehead atoms. The average Bonchev–Trinajstić information content (AvgIpc) is 3.31. The summed E-state index contributed by atoms with van der Waals surface area (Å²) in [5.74, 6) is 3.06. The predicted octanol–water partition coefficient (Wildman–Crippen LogP) is 1.73. The van der Waals surface area contributed by atoms with Crippen LogP contribution >= 0.6 is 0 Å². The fraction of sp³-hybridized carbons (Fsp3) is 0.500. The number of aryl methyl sites for hydroxylation is 1. The van der Waals surface area contributed by atoms with Crippen molar-refractivity contribution >= 4 is 0 Å². The number of aromatic nitrogens is 4. The van der Waals surface area contributed by atoms with Gasteiger partial charge in [0.2, 0.25) is 17.6 Å². The summed E-state index contributed by atoms with van der Waals surface area (Å²) in [5.41, 5.74) is 0. The first-order chi connectivity index (χ1) is 12.3. The third kappa shape index (κ3) is 3.94. The average molecular weight is 344 g/mol. The zero-order valence-corrected chi connectivity index (χ0v) is 14.1. The Bertz CT molecular complexity index is 797. The van der Waals surface area contributed by atoms with Gasteiger partial charge in [0, 0.05) is 20.0 Å². The van der Waals surface area contributed by atoms with Gasteiger partial charge >= 0.3 is 0 Å². The first-order valence-electron chi connectivity index (χ1n) is 8.36. The van der Waals surface area contributed by atoms with Gasteiger partial charge in [0.05, 0.1) is 19.4 Å². The Balaban J connectivity index is 1.32. The van der Waals surface area contributed by atoms with Gasteiger partial charge in [-0.2, -0.15) is 9.97 Å². The van der Waals surface area contributed by atoms with E-state index in [4.69, 9.17) is 13.5 Å². The van der Waals surface area contributed by atoms with Gasteiger partial charge in [-0.25, -0.2) is 0 Å². The van der Waals surface area contributed by atoms with Crippen LogP contribution in [0.3, 0.4) is 0 Å². The van der Waals surface area contributed by atoms with Gasteiger partial charge in [-0.3, -0.25) is 9.80 Å². The quantitative estimate of drug-likeness (QED) is 0.685. The van der Waals surface area contributed by atoms with E-state index >= 15 is 0 Å². The number of rotatable bonds is 5. The molecule has 0 amide bonds. The molecule has 1 aliphatic heterocycles. The summed E-state index contributed by atoms with van der Waals surface area (Å²) in [6.07, 6.45) is 2.66. The normalized spacial score (nSPS) is 17.0. The maximum absolute atomic E-state index is 5.35. The minimum atomic E-state index is 0.490. The van der Waals surface area contributed by atoms with Crippen LogP contribution in [0.15, 0.2) is 31.9 Å². The molecular weight excluding hydrogens is 324 g/mol. The lowest BCUT2D eigenvalue weighted by Crippen LogP contribution is -2.30. The Morgan fingerprint density at radius 2 is 1.84 bits per heavy atom. The van der Waals surface area contributed by atoms with Gasteiger partial charge in [-0.15, -0.1) is 0 Å². The Morgan fingerprint density at radius 1 is 1.00 bits per heavy atom. The van der Waals surface area contributed by atoms with E-state index in [0.717, 1.165) is 38.4 Å². The zero-order chi connectivity index (χ0) is 17.1. The molecule has 4 heterocycles. The van der Waals surface area contributed by atoms with E-state index in [0.29, 0.717) is 36.5 Å². The smallest absolute Gasteiger partial charge is 0.241 e. The molecule has 132 valence electrons. The maximum Gasteiger partial charge on any atom is 0.241 e. The van der Waals surface area contributed by atoms with Gasteiger partial charge in [-0.05, 0) is 31.6 Å². The monoisotopic (exact) mass is 344 g/mol. The number of hydrogen-bond acceptors (Lipinski definition) is 9. The third-order valence-electron chi connectivity index (χ3n) is 4.18. The predicted molar refractivity (Wildman–Crippen MR) is 86.2 cm³/mol. The summed E-state index contributed by atoms with van der Waals surface area (Å²) in [6.45, 7) is 7.02.